The summed E-state index contributed by atoms with van der Waals surface area (Å²) in [6.45, 7) is 0. The minimum atomic E-state index is 0.479. The van der Waals surface area contributed by atoms with Gasteiger partial charge in [0.15, 0.2) is 34.9 Å². The predicted molar refractivity (Wildman–Crippen MR) is 457 cm³/mol. The lowest BCUT2D eigenvalue weighted by atomic mass is 9.93. The molecule has 0 aliphatic carbocycles. The van der Waals surface area contributed by atoms with Crippen molar-refractivity contribution in [2.75, 3.05) is 0 Å². The van der Waals surface area contributed by atoms with Gasteiger partial charge >= 0.3 is 0 Å². The number of aromatic nitrogens is 6. The van der Waals surface area contributed by atoms with Gasteiger partial charge in [-0.05, 0) is 213 Å². The van der Waals surface area contributed by atoms with Crippen LogP contribution in [0, 0.1) is 0 Å². The molecule has 530 valence electrons. The van der Waals surface area contributed by atoms with Crippen LogP contribution in [0.15, 0.2) is 366 Å². The fourth-order valence-corrected chi connectivity index (χ4v) is 16.7. The van der Waals surface area contributed by atoms with Crippen LogP contribution in [-0.4, -0.2) is 29.9 Å². The van der Waals surface area contributed by atoms with Gasteiger partial charge in [0.05, 0.1) is 0 Å². The van der Waals surface area contributed by atoms with E-state index >= 15 is 0 Å². The first-order valence-electron chi connectivity index (χ1n) is 37.9. The fourth-order valence-electron chi connectivity index (χ4n) is 16.7. The van der Waals surface area contributed by atoms with Crippen LogP contribution in [0.2, 0.25) is 0 Å². The summed E-state index contributed by atoms with van der Waals surface area (Å²) >= 11 is 0. The zero-order valence-electron chi connectivity index (χ0n) is 60.5. The first kappa shape index (κ1) is 63.3. The Balaban J connectivity index is 0.662. The highest BCUT2D eigenvalue weighted by molar-refractivity contribution is 6.17. The highest BCUT2D eigenvalue weighted by Crippen LogP contribution is 2.45. The number of hydrogen-bond acceptors (Lipinski definition) is 12. The Labute approximate surface area is 647 Å². The topological polar surface area (TPSA) is 156 Å². The Morgan fingerprint density at radius 3 is 0.798 bits per heavy atom. The third-order valence-electron chi connectivity index (χ3n) is 22.3. The minimum Gasteiger partial charge on any atom is -0.456 e. The fraction of sp³-hybridized carbons (Fsp3) is 0. The molecule has 0 aliphatic heterocycles. The first-order chi connectivity index (χ1) is 56.3. The molecule has 0 fully saturated rings. The Hall–Kier alpha value is -15.7. The van der Waals surface area contributed by atoms with Gasteiger partial charge in [-0.3, -0.25) is 0 Å². The lowest BCUT2D eigenvalue weighted by Crippen LogP contribution is -2.00. The van der Waals surface area contributed by atoms with Gasteiger partial charge < -0.3 is 26.5 Å². The maximum Gasteiger partial charge on any atom is 0.164 e. The minimum absolute atomic E-state index is 0.479. The molecule has 8 aromatic heterocycles. The number of fused-ring (bicyclic) bond motifs is 18. The number of para-hydroxylation sites is 3. The summed E-state index contributed by atoms with van der Waals surface area (Å²) in [5.41, 5.74) is 24.2. The Morgan fingerprint density at radius 2 is 0.351 bits per heavy atom. The molecule has 0 N–H and O–H groups in total. The molecular formula is C102H56N6O6. The van der Waals surface area contributed by atoms with Crippen molar-refractivity contribution in [2.45, 2.75) is 0 Å². The SMILES string of the molecule is c1ccc(-c2cccc(-c3cc(-c4ccc5oc6cc(-c7nc(-c8cc(-c9ccccc9)cc(-c9ccccc9)c8)nc(-c8ccc9oc%10cc%11c(cc%10c9c8)oc8ccccc8%11)n7)ccc6c5c4)cc(-c4nc(-c5ccc6oc7ccccc7c6c5)nc(-c5ccc6oc7cc8oc9ccccc9c8cc7c6c5)n4)c3)c2)cc1. The Morgan fingerprint density at radius 1 is 0.114 bits per heavy atom. The molecule has 12 nitrogen and oxygen atoms in total. The molecule has 0 saturated heterocycles. The summed E-state index contributed by atoms with van der Waals surface area (Å²) in [6, 6.07) is 117. The molecule has 0 radical (unpaired) electrons. The van der Waals surface area contributed by atoms with E-state index in [0.29, 0.717) is 40.5 Å². The normalized spacial score (nSPS) is 12.0. The molecule has 0 spiro atoms. The largest absolute Gasteiger partial charge is 0.456 e. The number of benzene rings is 16. The Kier molecular flexibility index (Phi) is 13.8. The van der Waals surface area contributed by atoms with Crippen molar-refractivity contribution in [3.8, 4) is 124 Å². The third kappa shape index (κ3) is 10.5. The molecule has 24 aromatic rings. The van der Waals surface area contributed by atoms with Crippen molar-refractivity contribution in [2.24, 2.45) is 0 Å². The van der Waals surface area contributed by atoms with Crippen LogP contribution < -0.4 is 0 Å². The van der Waals surface area contributed by atoms with Crippen LogP contribution in [0.3, 0.4) is 0 Å². The first-order valence-corrected chi connectivity index (χ1v) is 37.9. The van der Waals surface area contributed by atoms with Crippen LogP contribution in [-0.2, 0) is 0 Å². The number of furan rings is 6. The second kappa shape index (κ2) is 24.9. The van der Waals surface area contributed by atoms with E-state index in [2.05, 4.69) is 218 Å². The number of hydrogen-bond donors (Lipinski definition) is 0. The number of nitrogens with zero attached hydrogens (tertiary/aromatic N) is 6. The van der Waals surface area contributed by atoms with E-state index in [1.807, 2.05) is 121 Å². The van der Waals surface area contributed by atoms with Crippen molar-refractivity contribution in [1.29, 1.82) is 0 Å². The molecule has 0 atom stereocenters. The molecule has 8 heterocycles. The zero-order valence-corrected chi connectivity index (χ0v) is 60.5. The quantitative estimate of drug-likeness (QED) is 0.121. The van der Waals surface area contributed by atoms with E-state index < -0.39 is 0 Å². The zero-order chi connectivity index (χ0) is 74.6. The highest BCUT2D eigenvalue weighted by atomic mass is 16.4. The second-order valence-corrected chi connectivity index (χ2v) is 29.2. The van der Waals surface area contributed by atoms with Gasteiger partial charge in [0, 0.05) is 104 Å². The van der Waals surface area contributed by atoms with Gasteiger partial charge in [-0.15, -0.1) is 0 Å². The summed E-state index contributed by atoms with van der Waals surface area (Å²) in [5.74, 6) is 2.98. The van der Waals surface area contributed by atoms with Crippen molar-refractivity contribution < 1.29 is 26.5 Å². The molecule has 24 rings (SSSR count). The lowest BCUT2D eigenvalue weighted by Gasteiger charge is -2.13. The van der Waals surface area contributed by atoms with Crippen molar-refractivity contribution in [1.82, 2.24) is 29.9 Å². The van der Waals surface area contributed by atoms with Crippen LogP contribution in [0.25, 0.3) is 256 Å². The van der Waals surface area contributed by atoms with E-state index in [1.54, 1.807) is 0 Å². The molecule has 0 bridgehead atoms. The molecule has 0 amide bonds. The molecule has 16 aromatic carbocycles. The van der Waals surface area contributed by atoms with Crippen LogP contribution in [0.4, 0.5) is 0 Å². The molecule has 0 unspecified atom stereocenters. The molecule has 0 saturated carbocycles. The average molecular weight is 1460 g/mol. The molecular weight excluding hydrogens is 1410 g/mol. The van der Waals surface area contributed by atoms with Crippen molar-refractivity contribution in [3.05, 3.63) is 340 Å². The predicted octanol–water partition coefficient (Wildman–Crippen LogP) is 27.8. The van der Waals surface area contributed by atoms with E-state index in [0.717, 1.165) is 215 Å². The maximum atomic E-state index is 6.94. The van der Waals surface area contributed by atoms with Crippen molar-refractivity contribution in [3.63, 3.8) is 0 Å². The third-order valence-corrected chi connectivity index (χ3v) is 22.3. The van der Waals surface area contributed by atoms with Gasteiger partial charge in [-0.25, -0.2) is 29.9 Å². The second-order valence-electron chi connectivity index (χ2n) is 29.2. The van der Waals surface area contributed by atoms with Crippen LogP contribution >= 0.6 is 0 Å². The number of rotatable bonds is 11. The van der Waals surface area contributed by atoms with Crippen molar-refractivity contribution >= 4 is 132 Å². The molecule has 12 heteroatoms. The maximum absolute atomic E-state index is 6.94. The van der Waals surface area contributed by atoms with Gasteiger partial charge in [0.25, 0.3) is 0 Å². The summed E-state index contributed by atoms with van der Waals surface area (Å²) in [7, 11) is 0. The van der Waals surface area contributed by atoms with Crippen LogP contribution in [0.1, 0.15) is 0 Å². The smallest absolute Gasteiger partial charge is 0.164 e. The van der Waals surface area contributed by atoms with E-state index in [4.69, 9.17) is 56.4 Å². The van der Waals surface area contributed by atoms with Gasteiger partial charge in [0.2, 0.25) is 0 Å². The summed E-state index contributed by atoms with van der Waals surface area (Å²) in [5, 5.41) is 11.7. The molecule has 114 heavy (non-hydrogen) atoms. The summed E-state index contributed by atoms with van der Waals surface area (Å²) < 4.78 is 39.2. The summed E-state index contributed by atoms with van der Waals surface area (Å²) in [4.78, 5) is 32.5. The van der Waals surface area contributed by atoms with E-state index in [-0.39, 0.29) is 0 Å². The van der Waals surface area contributed by atoms with Gasteiger partial charge in [-0.2, -0.15) is 0 Å². The van der Waals surface area contributed by atoms with Crippen LogP contribution in [0.5, 0.6) is 0 Å². The van der Waals surface area contributed by atoms with E-state index in [9.17, 15) is 0 Å². The standard InChI is InChI=1S/C102H56N6O6/c1-4-17-57(18-5-1)60-23-16-24-61(41-60)69-43-70(47-72(46-69)102-105-97(63-33-38-88-78(49-63)73-25-10-13-28-85(73)109-88)103-98(106-102)64-34-39-90-79(50-64)82-53-81-74-26-11-14-29-86(74)111-95(81)56-96(82)114-90)62-32-37-89-77(48-62)76-36-31-66(52-92(76)112-89)100-104-99(65-35-40-91-80(51-65)84-55-93-83(54-94(84)113-91)75-27-12-15-30-87(75)110-93)107-101(108-100)71-44-67(58-19-6-2-7-20-58)42-68(45-71)59-21-8-3-9-22-59/h1-56H. The Bertz CT molecular complexity index is 8070. The highest BCUT2D eigenvalue weighted by Gasteiger charge is 2.24. The van der Waals surface area contributed by atoms with E-state index in [1.165, 1.54) is 0 Å². The lowest BCUT2D eigenvalue weighted by molar-refractivity contribution is 0.656. The summed E-state index contributed by atoms with van der Waals surface area (Å²) in [6.07, 6.45) is 0. The monoisotopic (exact) mass is 1460 g/mol. The van der Waals surface area contributed by atoms with Gasteiger partial charge in [-0.1, -0.05) is 176 Å². The average Bonchev–Trinajstić information content (AvgIpc) is 1.29. The van der Waals surface area contributed by atoms with Gasteiger partial charge in [0.1, 0.15) is 67.0 Å². The molecule has 0 aliphatic rings.